The molecule has 1 heterocycles. The molecule has 28 heavy (non-hydrogen) atoms. The molecule has 1 aromatic heterocycles. The predicted octanol–water partition coefficient (Wildman–Crippen LogP) is 3.35. The summed E-state index contributed by atoms with van der Waals surface area (Å²) in [5, 5.41) is 12.1. The highest BCUT2D eigenvalue weighted by Gasteiger charge is 2.13. The fourth-order valence-electron chi connectivity index (χ4n) is 2.59. The van der Waals surface area contributed by atoms with E-state index in [4.69, 9.17) is 14.7 Å². The molecule has 0 atom stereocenters. The molecule has 1 N–H and O–H groups in total. The quantitative estimate of drug-likeness (QED) is 0.642. The van der Waals surface area contributed by atoms with Crippen molar-refractivity contribution in [3.63, 3.8) is 0 Å². The van der Waals surface area contributed by atoms with Crippen LogP contribution in [0.3, 0.4) is 0 Å². The van der Waals surface area contributed by atoms with Crippen molar-refractivity contribution in [2.45, 2.75) is 13.8 Å². The van der Waals surface area contributed by atoms with Crippen LogP contribution in [-0.4, -0.2) is 30.1 Å². The Hall–Kier alpha value is -3.44. The molecule has 0 aliphatic carbocycles. The fraction of sp³-hybridized carbons (Fsp3) is 0.200. The zero-order valence-electron chi connectivity index (χ0n) is 15.3. The number of carbonyl (C=O) groups excluding carboxylic acids is 2. The largest absolute Gasteiger partial charge is 0.481 e. The number of nitriles is 1. The number of esters is 1. The van der Waals surface area contributed by atoms with Gasteiger partial charge in [0.05, 0.1) is 15.8 Å². The van der Waals surface area contributed by atoms with Gasteiger partial charge in [-0.2, -0.15) is 5.26 Å². The highest BCUT2D eigenvalue weighted by Crippen LogP contribution is 2.29. The van der Waals surface area contributed by atoms with Crippen LogP contribution < -0.4 is 10.1 Å². The van der Waals surface area contributed by atoms with E-state index >= 15 is 0 Å². The lowest BCUT2D eigenvalue weighted by Crippen LogP contribution is -2.23. The fourth-order valence-corrected chi connectivity index (χ4v) is 3.65. The van der Waals surface area contributed by atoms with Crippen molar-refractivity contribution in [2.75, 3.05) is 18.5 Å². The van der Waals surface area contributed by atoms with Crippen LogP contribution >= 0.6 is 11.3 Å². The van der Waals surface area contributed by atoms with Gasteiger partial charge in [0.2, 0.25) is 0 Å². The molecule has 0 spiro atoms. The van der Waals surface area contributed by atoms with Gasteiger partial charge in [-0.1, -0.05) is 29.5 Å². The average Bonchev–Trinajstić information content (AvgIpc) is 3.07. The van der Waals surface area contributed by atoms with Gasteiger partial charge in [0.1, 0.15) is 11.8 Å². The summed E-state index contributed by atoms with van der Waals surface area (Å²) >= 11 is 1.36. The number of anilines is 1. The second kappa shape index (κ2) is 8.50. The molecule has 0 fully saturated rings. The number of nitrogens with zero attached hydrogens (tertiary/aromatic N) is 2. The maximum atomic E-state index is 12.0. The predicted molar refractivity (Wildman–Crippen MR) is 105 cm³/mol. The number of nitrogens with one attached hydrogen (secondary N) is 1. The topological polar surface area (TPSA) is 101 Å². The van der Waals surface area contributed by atoms with Crippen molar-refractivity contribution in [3.05, 3.63) is 53.1 Å². The number of rotatable bonds is 6. The Balaban J connectivity index is 1.51. The Morgan fingerprint density at radius 2 is 2.00 bits per heavy atom. The molecule has 1 amide bonds. The number of para-hydroxylation sites is 1. The normalized spacial score (nSPS) is 10.3. The smallest absolute Gasteiger partial charge is 0.344 e. The summed E-state index contributed by atoms with van der Waals surface area (Å²) in [7, 11) is 0. The third kappa shape index (κ3) is 4.64. The summed E-state index contributed by atoms with van der Waals surface area (Å²) in [4.78, 5) is 28.2. The molecule has 0 aliphatic rings. The Kier molecular flexibility index (Phi) is 5.87. The number of hydrogen-bond acceptors (Lipinski definition) is 7. The lowest BCUT2D eigenvalue weighted by atomic mass is 10.1. The van der Waals surface area contributed by atoms with E-state index in [0.717, 1.165) is 21.3 Å². The van der Waals surface area contributed by atoms with Crippen LogP contribution in [0.5, 0.6) is 5.75 Å². The summed E-state index contributed by atoms with van der Waals surface area (Å²) in [5.74, 6) is -0.913. The molecule has 0 radical (unpaired) electrons. The number of aryl methyl sites for hydroxylation is 2. The molecule has 7 nitrogen and oxygen atoms in total. The standard InChI is InChI=1S/C20H17N3O4S/c1-12-7-13(2)19-16(8-12)28-20(23-19)22-17(24)10-27-18(25)11-26-15-6-4-3-5-14(15)9-21/h3-8H,10-11H2,1-2H3,(H,22,23,24). The van der Waals surface area contributed by atoms with E-state index in [1.165, 1.54) is 11.3 Å². The molecular formula is C20H17N3O4S. The van der Waals surface area contributed by atoms with Crippen LogP contribution in [0.1, 0.15) is 16.7 Å². The SMILES string of the molecule is Cc1cc(C)c2nc(NC(=O)COC(=O)COc3ccccc3C#N)sc2c1. The minimum Gasteiger partial charge on any atom is -0.481 e. The monoisotopic (exact) mass is 395 g/mol. The van der Waals surface area contributed by atoms with E-state index in [1.807, 2.05) is 32.0 Å². The number of aromatic nitrogens is 1. The molecule has 0 saturated heterocycles. The van der Waals surface area contributed by atoms with Crippen LogP contribution in [0.4, 0.5) is 5.13 Å². The van der Waals surface area contributed by atoms with E-state index in [9.17, 15) is 9.59 Å². The first-order chi connectivity index (χ1) is 13.5. The molecule has 0 aliphatic heterocycles. The molecule has 3 rings (SSSR count). The molecule has 8 heteroatoms. The van der Waals surface area contributed by atoms with Crippen molar-refractivity contribution >= 4 is 38.6 Å². The van der Waals surface area contributed by atoms with Crippen LogP contribution in [0.15, 0.2) is 36.4 Å². The zero-order chi connectivity index (χ0) is 20.1. The second-order valence-electron chi connectivity index (χ2n) is 6.05. The zero-order valence-corrected chi connectivity index (χ0v) is 16.1. The Bertz CT molecular complexity index is 1080. The second-order valence-corrected chi connectivity index (χ2v) is 7.08. The van der Waals surface area contributed by atoms with Crippen molar-refractivity contribution in [1.82, 2.24) is 4.98 Å². The van der Waals surface area contributed by atoms with Crippen molar-refractivity contribution in [1.29, 1.82) is 5.26 Å². The minimum atomic E-state index is -0.710. The minimum absolute atomic E-state index is 0.284. The van der Waals surface area contributed by atoms with Crippen molar-refractivity contribution < 1.29 is 19.1 Å². The van der Waals surface area contributed by atoms with Gasteiger partial charge in [-0.3, -0.25) is 10.1 Å². The van der Waals surface area contributed by atoms with Gasteiger partial charge in [-0.05, 0) is 43.2 Å². The molecule has 0 unspecified atom stereocenters. The maximum Gasteiger partial charge on any atom is 0.344 e. The number of amides is 1. The molecule has 142 valence electrons. The summed E-state index contributed by atoms with van der Waals surface area (Å²) in [6.07, 6.45) is 0. The summed E-state index contributed by atoms with van der Waals surface area (Å²) in [6, 6.07) is 12.5. The molecule has 3 aromatic rings. The number of ether oxygens (including phenoxy) is 2. The van der Waals surface area contributed by atoms with Gasteiger partial charge in [-0.15, -0.1) is 0 Å². The van der Waals surface area contributed by atoms with E-state index in [0.29, 0.717) is 10.7 Å². The number of hydrogen-bond donors (Lipinski definition) is 1. The van der Waals surface area contributed by atoms with E-state index in [1.54, 1.807) is 24.3 Å². The number of carbonyl (C=O) groups is 2. The Labute approximate surface area is 165 Å². The summed E-state index contributed by atoms with van der Waals surface area (Å²) in [5.41, 5.74) is 3.31. The third-order valence-corrected chi connectivity index (χ3v) is 4.71. The third-order valence-electron chi connectivity index (χ3n) is 3.79. The van der Waals surface area contributed by atoms with Crippen molar-refractivity contribution in [3.8, 4) is 11.8 Å². The van der Waals surface area contributed by atoms with E-state index < -0.39 is 25.1 Å². The summed E-state index contributed by atoms with van der Waals surface area (Å²) < 4.78 is 11.2. The molecular weight excluding hydrogens is 378 g/mol. The lowest BCUT2D eigenvalue weighted by molar-refractivity contribution is -0.149. The van der Waals surface area contributed by atoms with Gasteiger partial charge in [0.25, 0.3) is 5.91 Å². The number of thiazole rings is 1. The van der Waals surface area contributed by atoms with Gasteiger partial charge in [0.15, 0.2) is 18.3 Å². The van der Waals surface area contributed by atoms with Crippen molar-refractivity contribution in [2.24, 2.45) is 0 Å². The highest BCUT2D eigenvalue weighted by molar-refractivity contribution is 7.22. The van der Waals surface area contributed by atoms with Gasteiger partial charge < -0.3 is 9.47 Å². The first kappa shape index (κ1) is 19.3. The summed E-state index contributed by atoms with van der Waals surface area (Å²) in [6.45, 7) is 3.12. The highest BCUT2D eigenvalue weighted by atomic mass is 32.1. The number of fused-ring (bicyclic) bond motifs is 1. The van der Waals surface area contributed by atoms with Gasteiger partial charge in [0, 0.05) is 0 Å². The Morgan fingerprint density at radius 1 is 1.21 bits per heavy atom. The van der Waals surface area contributed by atoms with Crippen LogP contribution in [0, 0.1) is 25.2 Å². The van der Waals surface area contributed by atoms with Crippen LogP contribution in [-0.2, 0) is 14.3 Å². The lowest BCUT2D eigenvalue weighted by Gasteiger charge is -2.07. The molecule has 0 bridgehead atoms. The van der Waals surface area contributed by atoms with E-state index in [-0.39, 0.29) is 5.75 Å². The maximum absolute atomic E-state index is 12.0. The van der Waals surface area contributed by atoms with E-state index in [2.05, 4.69) is 10.3 Å². The molecule has 0 saturated carbocycles. The first-order valence-electron chi connectivity index (χ1n) is 8.41. The van der Waals surface area contributed by atoms with Crippen LogP contribution in [0.2, 0.25) is 0 Å². The van der Waals surface area contributed by atoms with Crippen LogP contribution in [0.25, 0.3) is 10.2 Å². The number of benzene rings is 2. The Morgan fingerprint density at radius 3 is 2.79 bits per heavy atom. The molecule has 2 aromatic carbocycles. The average molecular weight is 395 g/mol. The first-order valence-corrected chi connectivity index (χ1v) is 9.23. The van der Waals surface area contributed by atoms with Gasteiger partial charge >= 0.3 is 5.97 Å². The van der Waals surface area contributed by atoms with Gasteiger partial charge in [-0.25, -0.2) is 9.78 Å².